The number of halogens is 1. The number of ether oxygens (including phenoxy) is 1. The van der Waals surface area contributed by atoms with E-state index in [1.165, 1.54) is 6.07 Å². The van der Waals surface area contributed by atoms with E-state index in [4.69, 9.17) is 22.1 Å². The zero-order chi connectivity index (χ0) is 12.4. The lowest BCUT2D eigenvalue weighted by molar-refractivity contribution is -0.125. The molecule has 1 unspecified atom stereocenters. The molecular weight excluding hydrogens is 248 g/mol. The highest BCUT2D eigenvalue weighted by molar-refractivity contribution is 6.28. The number of nitrogens with one attached hydrogen (secondary N) is 1. The Labute approximate surface area is 101 Å². The van der Waals surface area contributed by atoms with Gasteiger partial charge in [0.15, 0.2) is 6.10 Å². The Bertz CT molecular complexity index is 479. The van der Waals surface area contributed by atoms with E-state index in [9.17, 15) is 9.59 Å². The molecule has 2 rings (SSSR count). The summed E-state index contributed by atoms with van der Waals surface area (Å²) in [6.45, 7) is 0.547. The molecule has 1 fully saturated rings. The van der Waals surface area contributed by atoms with E-state index in [-0.39, 0.29) is 22.8 Å². The first-order valence-corrected chi connectivity index (χ1v) is 5.23. The number of hydrogen-bond acceptors (Lipinski definition) is 5. The van der Waals surface area contributed by atoms with E-state index < -0.39 is 12.0 Å². The molecular formula is C9H9ClN4O3. The number of rotatable bonds is 3. The van der Waals surface area contributed by atoms with Crippen molar-refractivity contribution in [3.63, 3.8) is 0 Å². The average Bonchev–Trinajstić information content (AvgIpc) is 2.63. The Morgan fingerprint density at radius 3 is 2.94 bits per heavy atom. The molecule has 0 aromatic carbocycles. The summed E-state index contributed by atoms with van der Waals surface area (Å²) in [6, 6.07) is 1.25. The van der Waals surface area contributed by atoms with Gasteiger partial charge in [0, 0.05) is 19.0 Å². The van der Waals surface area contributed by atoms with E-state index in [1.54, 1.807) is 0 Å². The highest BCUT2D eigenvalue weighted by Crippen LogP contribution is 2.16. The third-order valence-electron chi connectivity index (χ3n) is 2.19. The second-order valence-electron chi connectivity index (χ2n) is 3.41. The molecule has 1 aromatic rings. The summed E-state index contributed by atoms with van der Waals surface area (Å²) >= 11 is 5.61. The summed E-state index contributed by atoms with van der Waals surface area (Å²) in [7, 11) is 0. The van der Waals surface area contributed by atoms with Crippen LogP contribution in [0.15, 0.2) is 6.07 Å². The van der Waals surface area contributed by atoms with Gasteiger partial charge in [-0.1, -0.05) is 0 Å². The van der Waals surface area contributed by atoms with Gasteiger partial charge in [-0.3, -0.25) is 9.59 Å². The molecule has 1 saturated heterocycles. The van der Waals surface area contributed by atoms with Crippen LogP contribution in [0.2, 0.25) is 5.28 Å². The van der Waals surface area contributed by atoms with Crippen LogP contribution in [-0.2, 0) is 4.79 Å². The molecule has 7 nitrogen and oxygen atoms in total. The van der Waals surface area contributed by atoms with Crippen molar-refractivity contribution < 1.29 is 14.3 Å². The summed E-state index contributed by atoms with van der Waals surface area (Å²) in [5, 5.41) is 2.45. The van der Waals surface area contributed by atoms with Crippen molar-refractivity contribution >= 4 is 23.4 Å². The first-order valence-electron chi connectivity index (χ1n) is 4.85. The first kappa shape index (κ1) is 11.6. The van der Waals surface area contributed by atoms with Gasteiger partial charge in [-0.05, 0) is 11.6 Å². The number of hydrogen-bond donors (Lipinski definition) is 2. The predicted molar refractivity (Wildman–Crippen MR) is 57.6 cm³/mol. The van der Waals surface area contributed by atoms with Crippen molar-refractivity contribution in [3.05, 3.63) is 17.0 Å². The maximum Gasteiger partial charge on any atom is 0.267 e. The molecule has 0 spiro atoms. The molecule has 3 N–H and O–H groups in total. The lowest BCUT2D eigenvalue weighted by Crippen LogP contribution is -2.28. The van der Waals surface area contributed by atoms with Crippen LogP contribution in [0.25, 0.3) is 0 Å². The third kappa shape index (κ3) is 2.62. The molecule has 1 aromatic heterocycles. The Kier molecular flexibility index (Phi) is 3.10. The van der Waals surface area contributed by atoms with Crippen molar-refractivity contribution in [1.82, 2.24) is 15.3 Å². The molecule has 0 aliphatic carbocycles. The third-order valence-corrected chi connectivity index (χ3v) is 2.36. The minimum absolute atomic E-state index is 0.0563. The molecule has 0 radical (unpaired) electrons. The second-order valence-corrected chi connectivity index (χ2v) is 3.75. The average molecular weight is 257 g/mol. The molecule has 17 heavy (non-hydrogen) atoms. The molecule has 8 heteroatoms. The van der Waals surface area contributed by atoms with Crippen molar-refractivity contribution in [2.24, 2.45) is 5.73 Å². The Morgan fingerprint density at radius 2 is 2.35 bits per heavy atom. The SMILES string of the molecule is NC(=O)c1cc(OC2CCNC2=O)nc(Cl)n1. The molecule has 0 saturated carbocycles. The van der Waals surface area contributed by atoms with Crippen LogP contribution < -0.4 is 15.8 Å². The number of carbonyl (C=O) groups excluding carboxylic acids is 2. The van der Waals surface area contributed by atoms with Crippen LogP contribution in [0.1, 0.15) is 16.9 Å². The maximum atomic E-state index is 11.3. The fourth-order valence-electron chi connectivity index (χ4n) is 1.41. The van der Waals surface area contributed by atoms with Gasteiger partial charge in [-0.15, -0.1) is 0 Å². The lowest BCUT2D eigenvalue weighted by Gasteiger charge is -2.10. The summed E-state index contributed by atoms with van der Waals surface area (Å²) in [5.41, 5.74) is 5.01. The summed E-state index contributed by atoms with van der Waals surface area (Å²) in [4.78, 5) is 29.6. The number of amides is 2. The fourth-order valence-corrected chi connectivity index (χ4v) is 1.59. The molecule has 2 heterocycles. The molecule has 2 amide bonds. The van der Waals surface area contributed by atoms with Gasteiger partial charge >= 0.3 is 0 Å². The minimum Gasteiger partial charge on any atom is -0.464 e. The van der Waals surface area contributed by atoms with E-state index in [0.717, 1.165) is 0 Å². The normalized spacial score (nSPS) is 18.9. The van der Waals surface area contributed by atoms with Crippen molar-refractivity contribution in [1.29, 1.82) is 0 Å². The summed E-state index contributed by atoms with van der Waals surface area (Å²) < 4.78 is 5.30. The van der Waals surface area contributed by atoms with Gasteiger partial charge in [0.25, 0.3) is 11.8 Å². The highest BCUT2D eigenvalue weighted by atomic mass is 35.5. The van der Waals surface area contributed by atoms with Crippen LogP contribution in [0.5, 0.6) is 5.88 Å². The number of carbonyl (C=O) groups is 2. The van der Waals surface area contributed by atoms with Crippen molar-refractivity contribution in [2.75, 3.05) is 6.54 Å². The van der Waals surface area contributed by atoms with Gasteiger partial charge in [0.05, 0.1) is 0 Å². The lowest BCUT2D eigenvalue weighted by atomic mass is 10.3. The van der Waals surface area contributed by atoms with Crippen LogP contribution in [0.3, 0.4) is 0 Å². The van der Waals surface area contributed by atoms with Gasteiger partial charge in [-0.25, -0.2) is 4.98 Å². The van der Waals surface area contributed by atoms with E-state index in [1.807, 2.05) is 0 Å². The molecule has 1 atom stereocenters. The smallest absolute Gasteiger partial charge is 0.267 e. The molecule has 90 valence electrons. The van der Waals surface area contributed by atoms with Crippen LogP contribution in [-0.4, -0.2) is 34.4 Å². The first-order chi connectivity index (χ1) is 8.06. The highest BCUT2D eigenvalue weighted by Gasteiger charge is 2.26. The largest absolute Gasteiger partial charge is 0.464 e. The van der Waals surface area contributed by atoms with Gasteiger partial charge < -0.3 is 15.8 Å². The summed E-state index contributed by atoms with van der Waals surface area (Å²) in [6.07, 6.45) is -0.0893. The molecule has 0 bridgehead atoms. The standard InChI is InChI=1S/C9H9ClN4O3/c10-9-13-4(7(11)15)3-6(14-9)17-5-1-2-12-8(5)16/h3,5H,1-2H2,(H2,11,15)(H,12,16). The van der Waals surface area contributed by atoms with Crippen LogP contribution in [0.4, 0.5) is 0 Å². The number of aromatic nitrogens is 2. The topological polar surface area (TPSA) is 107 Å². The van der Waals surface area contributed by atoms with Crippen LogP contribution in [0, 0.1) is 0 Å². The maximum absolute atomic E-state index is 11.3. The molecule has 1 aliphatic rings. The summed E-state index contributed by atoms with van der Waals surface area (Å²) in [5.74, 6) is -0.906. The van der Waals surface area contributed by atoms with E-state index >= 15 is 0 Å². The Hall–Kier alpha value is -1.89. The van der Waals surface area contributed by atoms with Gasteiger partial charge in [-0.2, -0.15) is 4.98 Å². The van der Waals surface area contributed by atoms with Crippen molar-refractivity contribution in [2.45, 2.75) is 12.5 Å². The monoisotopic (exact) mass is 256 g/mol. The van der Waals surface area contributed by atoms with Gasteiger partial charge in [0.2, 0.25) is 11.2 Å². The zero-order valence-electron chi connectivity index (χ0n) is 8.64. The van der Waals surface area contributed by atoms with Crippen molar-refractivity contribution in [3.8, 4) is 5.88 Å². The number of nitrogens with two attached hydrogens (primary N) is 1. The number of nitrogens with zero attached hydrogens (tertiary/aromatic N) is 2. The van der Waals surface area contributed by atoms with Crippen LogP contribution >= 0.6 is 11.6 Å². The predicted octanol–water partition coefficient (Wildman–Crippen LogP) is -0.504. The molecule has 1 aliphatic heterocycles. The zero-order valence-corrected chi connectivity index (χ0v) is 9.40. The van der Waals surface area contributed by atoms with E-state index in [0.29, 0.717) is 13.0 Å². The minimum atomic E-state index is -0.741. The van der Waals surface area contributed by atoms with E-state index in [2.05, 4.69) is 15.3 Å². The Morgan fingerprint density at radius 1 is 1.59 bits per heavy atom. The second kappa shape index (κ2) is 4.54. The number of primary amides is 1. The quantitative estimate of drug-likeness (QED) is 0.709. The fraction of sp³-hybridized carbons (Fsp3) is 0.333. The Balaban J connectivity index is 2.20. The van der Waals surface area contributed by atoms with Gasteiger partial charge in [0.1, 0.15) is 5.69 Å².